The van der Waals surface area contributed by atoms with Crippen LogP contribution in [0.1, 0.15) is 105 Å². The highest BCUT2D eigenvalue weighted by molar-refractivity contribution is 5.96. The van der Waals surface area contributed by atoms with E-state index in [4.69, 9.17) is 33.2 Å². The van der Waals surface area contributed by atoms with Gasteiger partial charge in [-0.25, -0.2) is 14.4 Å². The van der Waals surface area contributed by atoms with Crippen LogP contribution < -0.4 is 0 Å². The maximum Gasteiger partial charge on any atom is 0.413 e. The van der Waals surface area contributed by atoms with E-state index in [-0.39, 0.29) is 16.7 Å². The topological polar surface area (TPSA) is 231 Å². The lowest BCUT2D eigenvalue weighted by atomic mass is 9.44. The minimum absolute atomic E-state index is 0.0364. The minimum atomic E-state index is -2.45. The molecule has 0 spiro atoms. The average Bonchev–Trinajstić information content (AvgIpc) is 3.50. The third kappa shape index (κ3) is 7.62. The summed E-state index contributed by atoms with van der Waals surface area (Å²) in [6.45, 7) is 15.9. The molecule has 2 heterocycles. The van der Waals surface area contributed by atoms with Crippen LogP contribution in [0, 0.1) is 16.7 Å². The van der Waals surface area contributed by atoms with E-state index in [1.165, 1.54) is 30.9 Å². The molecule has 2 saturated carbocycles. The Kier molecular flexibility index (Phi) is 12.0. The first kappa shape index (κ1) is 47.8. The summed E-state index contributed by atoms with van der Waals surface area (Å²) in [7, 11) is 0. The Hall–Kier alpha value is -5.20. The van der Waals surface area contributed by atoms with Gasteiger partial charge in [0.1, 0.15) is 47.4 Å². The molecule has 0 radical (unpaired) electrons. The first-order valence-electron chi connectivity index (χ1n) is 21.7. The predicted octanol–water partition coefficient (Wildman–Crippen LogP) is 4.29. The fourth-order valence-corrected chi connectivity index (χ4v) is 11.0. The Morgan fingerprint density at radius 2 is 1.45 bits per heavy atom. The number of carbonyl (C=O) groups is 6. The van der Waals surface area contributed by atoms with Gasteiger partial charge in [-0.15, -0.1) is 0 Å². The minimum Gasteiger partial charge on any atom is -0.456 e. The molecule has 65 heavy (non-hydrogen) atoms. The molecule has 17 nitrogen and oxygen atoms in total. The third-order valence-corrected chi connectivity index (χ3v) is 14.0. The maximum absolute atomic E-state index is 15.6. The number of fused-ring (bicyclic) bond motifs is 5. The average molecular weight is 906 g/mol. The van der Waals surface area contributed by atoms with Crippen molar-refractivity contribution in [2.45, 2.75) is 154 Å². The first-order chi connectivity index (χ1) is 30.1. The lowest BCUT2D eigenvalue weighted by Crippen LogP contribution is -2.85. The number of hydrogen-bond acceptors (Lipinski definition) is 16. The van der Waals surface area contributed by atoms with E-state index in [2.05, 4.69) is 0 Å². The van der Waals surface area contributed by atoms with E-state index in [9.17, 15) is 39.3 Å². The fraction of sp³-hybridized carbons (Fsp3) is 0.583. The molecule has 3 aliphatic carbocycles. The summed E-state index contributed by atoms with van der Waals surface area (Å²) in [4.78, 5) is 86.4. The molecular weight excluding hydrogens is 847 g/mol. The van der Waals surface area contributed by atoms with Gasteiger partial charge >= 0.3 is 30.0 Å². The molecule has 2 saturated heterocycles. The van der Waals surface area contributed by atoms with E-state index in [0.717, 1.165) is 13.8 Å². The van der Waals surface area contributed by atoms with Crippen molar-refractivity contribution in [1.82, 2.24) is 4.90 Å². The molecule has 12 atom stereocenters. The van der Waals surface area contributed by atoms with E-state index < -0.39 is 137 Å². The summed E-state index contributed by atoms with van der Waals surface area (Å²) < 4.78 is 42.6. The second-order valence-corrected chi connectivity index (χ2v) is 20.0. The van der Waals surface area contributed by atoms with Gasteiger partial charge < -0.3 is 48.5 Å². The molecular formula is C48H59NO16. The van der Waals surface area contributed by atoms with Gasteiger partial charge in [0.2, 0.25) is 0 Å². The zero-order valence-electron chi connectivity index (χ0n) is 38.5. The van der Waals surface area contributed by atoms with Crippen molar-refractivity contribution in [3.8, 4) is 0 Å². The smallest absolute Gasteiger partial charge is 0.413 e. The number of ether oxygens (including phenoxy) is 7. The molecule has 2 aliphatic heterocycles. The molecule has 2 aromatic rings. The second kappa shape index (κ2) is 16.3. The molecule has 1 amide bonds. The quantitative estimate of drug-likeness (QED) is 0.200. The largest absolute Gasteiger partial charge is 0.456 e. The normalized spacial score (nSPS) is 35.8. The van der Waals surface area contributed by atoms with Crippen LogP contribution in [0.15, 0.2) is 71.8 Å². The monoisotopic (exact) mass is 905 g/mol. The Morgan fingerprint density at radius 3 is 1.98 bits per heavy atom. The number of ketones is 1. The van der Waals surface area contributed by atoms with Crippen LogP contribution in [0.25, 0.3) is 0 Å². The van der Waals surface area contributed by atoms with Crippen LogP contribution in [0.4, 0.5) is 4.79 Å². The highest BCUT2D eigenvalue weighted by atomic mass is 16.6. The molecule has 0 aromatic heterocycles. The number of rotatable bonds is 7. The Balaban J connectivity index is 1.43. The van der Waals surface area contributed by atoms with Crippen LogP contribution in [-0.4, -0.2) is 128 Å². The van der Waals surface area contributed by atoms with Gasteiger partial charge in [0.15, 0.2) is 23.6 Å². The van der Waals surface area contributed by atoms with Crippen LogP contribution in [0.2, 0.25) is 0 Å². The highest BCUT2D eigenvalue weighted by Crippen LogP contribution is 2.64. The van der Waals surface area contributed by atoms with Crippen molar-refractivity contribution in [3.05, 3.63) is 82.9 Å². The number of amides is 1. The highest BCUT2D eigenvalue weighted by Gasteiger charge is 2.80. The molecule has 1 unspecified atom stereocenters. The zero-order valence-corrected chi connectivity index (χ0v) is 38.5. The number of aliphatic hydroxyl groups is 3. The maximum atomic E-state index is 15.6. The van der Waals surface area contributed by atoms with Gasteiger partial charge in [-0.3, -0.25) is 19.3 Å². The van der Waals surface area contributed by atoms with E-state index in [1.807, 2.05) is 0 Å². The van der Waals surface area contributed by atoms with Gasteiger partial charge in [0.25, 0.3) is 0 Å². The van der Waals surface area contributed by atoms with E-state index >= 15 is 4.79 Å². The number of benzene rings is 2. The second-order valence-electron chi connectivity index (χ2n) is 20.0. The number of hydrogen-bond donors (Lipinski definition) is 3. The summed E-state index contributed by atoms with van der Waals surface area (Å²) in [5, 5.41) is 37.6. The van der Waals surface area contributed by atoms with Crippen molar-refractivity contribution in [3.63, 3.8) is 0 Å². The number of esters is 4. The summed E-state index contributed by atoms with van der Waals surface area (Å²) in [6.07, 6.45) is -13.5. The van der Waals surface area contributed by atoms with Gasteiger partial charge in [-0.1, -0.05) is 62.4 Å². The van der Waals surface area contributed by atoms with Gasteiger partial charge in [-0.05, 0) is 77.3 Å². The van der Waals surface area contributed by atoms with Crippen LogP contribution >= 0.6 is 0 Å². The Morgan fingerprint density at radius 1 is 0.846 bits per heavy atom. The van der Waals surface area contributed by atoms with Gasteiger partial charge in [-0.2, -0.15) is 0 Å². The molecule has 2 bridgehead atoms. The molecule has 4 fully saturated rings. The summed E-state index contributed by atoms with van der Waals surface area (Å²) in [5.41, 5.74) is -10.2. The SMILES string of the molecule is CC(=O)O[C@@H]1C(=O)[C@]2(C)C([C@@H](OC(=O)c3ccccc3)[C@@]3(O)C[C@@H](OC(=O)[C@H]4OC(C)(C)N(C(=O)OC(C)(C)C)[C@@H]4c4ccccc4)C(C)=C1C3(C)C)[C@@]1(OC(C)=O)CO[C@H]1[C@H](O)[C@H]2O. The standard InChI is InChI=1S/C48H59NO16/c1-24-29(61-41(56)34-31(27-18-14-12-15-19-27)49(45(9,10)64-34)42(57)65-43(4,5)6)22-48(58)39(62-40(55)28-20-16-13-17-21-28)35-46(11,37(54)33(60-25(2)50)30(24)44(48,7)8)36(53)32(52)38-47(35,23-59-38)63-26(3)51/h12-21,29,31-36,38-39,52-53,58H,22-23H2,1-11H3/t29-,31-,32-,33+,34+,35?,36-,38+,39-,46-,47+,48+/m1/s1. The van der Waals surface area contributed by atoms with E-state index in [1.54, 1.807) is 97.0 Å². The van der Waals surface area contributed by atoms with Gasteiger partial charge in [0, 0.05) is 25.7 Å². The fourth-order valence-electron chi connectivity index (χ4n) is 11.0. The van der Waals surface area contributed by atoms with Crippen molar-refractivity contribution in [1.29, 1.82) is 0 Å². The molecule has 2 aromatic carbocycles. The van der Waals surface area contributed by atoms with Crippen molar-refractivity contribution in [2.75, 3.05) is 6.61 Å². The zero-order chi connectivity index (χ0) is 48.0. The summed E-state index contributed by atoms with van der Waals surface area (Å²) in [5.74, 6) is -6.48. The number of carbonyl (C=O) groups excluding carboxylic acids is 6. The van der Waals surface area contributed by atoms with Crippen molar-refractivity contribution in [2.24, 2.45) is 16.7 Å². The van der Waals surface area contributed by atoms with Crippen LogP contribution in [-0.2, 0) is 52.3 Å². The van der Waals surface area contributed by atoms with Crippen molar-refractivity contribution < 1.29 is 77.2 Å². The summed E-state index contributed by atoms with van der Waals surface area (Å²) in [6, 6.07) is 15.3. The number of aliphatic hydroxyl groups excluding tert-OH is 2. The summed E-state index contributed by atoms with van der Waals surface area (Å²) >= 11 is 0. The molecule has 5 aliphatic rings. The molecule has 352 valence electrons. The number of Topliss-reactive ketones (excluding diaryl/α,β-unsaturated/α-hetero) is 1. The lowest BCUT2D eigenvalue weighted by Gasteiger charge is -2.68. The Labute approximate surface area is 377 Å². The van der Waals surface area contributed by atoms with Crippen LogP contribution in [0.5, 0.6) is 0 Å². The molecule has 7 rings (SSSR count). The Bertz CT molecular complexity index is 2290. The van der Waals surface area contributed by atoms with Crippen LogP contribution in [0.3, 0.4) is 0 Å². The molecule has 3 N–H and O–H groups in total. The predicted molar refractivity (Wildman–Crippen MR) is 226 cm³/mol. The molecule has 17 heteroatoms. The van der Waals surface area contributed by atoms with Crippen molar-refractivity contribution >= 4 is 35.8 Å². The lowest BCUT2D eigenvalue weighted by molar-refractivity contribution is -0.369. The van der Waals surface area contributed by atoms with E-state index in [0.29, 0.717) is 5.56 Å². The third-order valence-electron chi connectivity index (χ3n) is 14.0. The van der Waals surface area contributed by atoms with Gasteiger partial charge in [0.05, 0.1) is 29.6 Å². The first-order valence-corrected chi connectivity index (χ1v) is 21.7. The number of nitrogens with zero attached hydrogens (tertiary/aromatic N) is 1.